The fraction of sp³-hybridized carbons (Fsp3) is 0.258. The molecule has 6 nitrogen and oxygen atoms in total. The lowest BCUT2D eigenvalue weighted by atomic mass is 9.94. The SMILES string of the molecule is CCCCN(CC(=O)c1c(-c2ccccc2)[nH]n(-c2ccc(Cl)cc2)c1=O)C(=O)C(CC)c1ccccc1. The number of nitrogens with one attached hydrogen (secondary N) is 1. The van der Waals surface area contributed by atoms with Crippen LogP contribution < -0.4 is 5.56 Å². The zero-order valence-electron chi connectivity index (χ0n) is 21.7. The third kappa shape index (κ3) is 5.97. The highest BCUT2D eigenvalue weighted by Crippen LogP contribution is 2.25. The van der Waals surface area contributed by atoms with E-state index in [0.29, 0.717) is 34.9 Å². The number of aromatic amines is 1. The fourth-order valence-corrected chi connectivity index (χ4v) is 4.73. The minimum atomic E-state index is -0.464. The predicted octanol–water partition coefficient (Wildman–Crippen LogP) is 6.49. The van der Waals surface area contributed by atoms with Crippen LogP contribution in [0, 0.1) is 0 Å². The Morgan fingerprint density at radius 1 is 0.921 bits per heavy atom. The molecule has 0 saturated carbocycles. The number of rotatable bonds is 11. The van der Waals surface area contributed by atoms with Gasteiger partial charge >= 0.3 is 0 Å². The van der Waals surface area contributed by atoms with Gasteiger partial charge in [-0.2, -0.15) is 0 Å². The molecule has 0 aliphatic carbocycles. The van der Waals surface area contributed by atoms with Crippen molar-refractivity contribution >= 4 is 23.3 Å². The first-order chi connectivity index (χ1) is 18.4. The molecule has 1 aromatic heterocycles. The number of carbonyl (C=O) groups is 2. The Balaban J connectivity index is 1.73. The van der Waals surface area contributed by atoms with E-state index in [0.717, 1.165) is 18.4 Å². The molecule has 0 fully saturated rings. The van der Waals surface area contributed by atoms with E-state index in [-0.39, 0.29) is 23.9 Å². The molecule has 4 aromatic rings. The van der Waals surface area contributed by atoms with Crippen LogP contribution in [-0.2, 0) is 4.79 Å². The predicted molar refractivity (Wildman–Crippen MR) is 152 cm³/mol. The number of nitrogens with zero attached hydrogens (tertiary/aromatic N) is 2. The Bertz CT molecular complexity index is 1430. The largest absolute Gasteiger partial charge is 0.334 e. The smallest absolute Gasteiger partial charge is 0.282 e. The average Bonchev–Trinajstić information content (AvgIpc) is 3.29. The quantitative estimate of drug-likeness (QED) is 0.226. The summed E-state index contributed by atoms with van der Waals surface area (Å²) in [5.74, 6) is -0.855. The summed E-state index contributed by atoms with van der Waals surface area (Å²) in [4.78, 5) is 42.8. The number of benzene rings is 3. The summed E-state index contributed by atoms with van der Waals surface area (Å²) in [6.45, 7) is 4.29. The number of aromatic nitrogens is 2. The molecule has 1 unspecified atom stereocenters. The zero-order valence-corrected chi connectivity index (χ0v) is 22.4. The molecule has 1 atom stereocenters. The molecule has 3 aromatic carbocycles. The second-order valence-corrected chi connectivity index (χ2v) is 9.69. The molecule has 0 aliphatic rings. The fourth-order valence-electron chi connectivity index (χ4n) is 4.61. The molecular formula is C31H32ClN3O3. The summed E-state index contributed by atoms with van der Waals surface area (Å²) in [6.07, 6.45) is 2.25. The lowest BCUT2D eigenvalue weighted by Crippen LogP contribution is -2.40. The van der Waals surface area contributed by atoms with Crippen molar-refractivity contribution in [3.63, 3.8) is 0 Å². The minimum absolute atomic E-state index is 0.0354. The second kappa shape index (κ2) is 12.6. The van der Waals surface area contributed by atoms with Gasteiger partial charge in [0.2, 0.25) is 5.91 Å². The van der Waals surface area contributed by atoms with Crippen molar-refractivity contribution in [1.29, 1.82) is 0 Å². The summed E-state index contributed by atoms with van der Waals surface area (Å²) < 4.78 is 1.35. The van der Waals surface area contributed by atoms with Crippen LogP contribution in [0.25, 0.3) is 16.9 Å². The summed E-state index contributed by atoms with van der Waals surface area (Å²) >= 11 is 6.04. The number of hydrogen-bond donors (Lipinski definition) is 1. The van der Waals surface area contributed by atoms with Crippen LogP contribution in [0.15, 0.2) is 89.7 Å². The van der Waals surface area contributed by atoms with E-state index in [1.165, 1.54) is 4.68 Å². The minimum Gasteiger partial charge on any atom is -0.334 e. The van der Waals surface area contributed by atoms with Crippen LogP contribution in [0.4, 0.5) is 0 Å². The maximum Gasteiger partial charge on any atom is 0.282 e. The third-order valence-electron chi connectivity index (χ3n) is 6.65. The van der Waals surface area contributed by atoms with Gasteiger partial charge in [-0.1, -0.05) is 92.5 Å². The Hall–Kier alpha value is -3.90. The van der Waals surface area contributed by atoms with Gasteiger partial charge in [0.25, 0.3) is 5.56 Å². The first-order valence-electron chi connectivity index (χ1n) is 13.0. The third-order valence-corrected chi connectivity index (χ3v) is 6.90. The molecule has 1 heterocycles. The maximum atomic E-state index is 13.8. The number of halogens is 1. The standard InChI is InChI=1S/C31H32ClN3O3/c1-3-5-20-34(30(37)26(4-2)22-12-8-6-9-13-22)21-27(36)28-29(23-14-10-7-11-15-23)33-35(31(28)38)25-18-16-24(32)17-19-25/h6-19,26,33H,3-5,20-21H2,1-2H3. The number of Topliss-reactive ketones (excluding diaryl/α,β-unsaturated/α-hetero) is 1. The number of amides is 1. The van der Waals surface area contributed by atoms with Gasteiger partial charge in [0.05, 0.1) is 23.8 Å². The molecule has 7 heteroatoms. The van der Waals surface area contributed by atoms with Crippen LogP contribution in [0.3, 0.4) is 0 Å². The van der Waals surface area contributed by atoms with Crippen molar-refractivity contribution in [2.24, 2.45) is 0 Å². The second-order valence-electron chi connectivity index (χ2n) is 9.25. The highest BCUT2D eigenvalue weighted by Gasteiger charge is 2.29. The van der Waals surface area contributed by atoms with E-state index in [9.17, 15) is 14.4 Å². The van der Waals surface area contributed by atoms with Crippen LogP contribution in [-0.4, -0.2) is 39.5 Å². The molecule has 0 spiro atoms. The van der Waals surface area contributed by atoms with Gasteiger partial charge < -0.3 is 4.90 Å². The van der Waals surface area contributed by atoms with Crippen molar-refractivity contribution in [2.75, 3.05) is 13.1 Å². The highest BCUT2D eigenvalue weighted by molar-refractivity contribution is 6.30. The Kier molecular flexibility index (Phi) is 8.98. The van der Waals surface area contributed by atoms with Gasteiger partial charge in [-0.3, -0.25) is 19.5 Å². The summed E-state index contributed by atoms with van der Waals surface area (Å²) in [5.41, 5.74) is 2.19. The Morgan fingerprint density at radius 3 is 2.16 bits per heavy atom. The van der Waals surface area contributed by atoms with Crippen LogP contribution in [0.1, 0.15) is 54.9 Å². The van der Waals surface area contributed by atoms with E-state index in [1.807, 2.05) is 74.5 Å². The maximum absolute atomic E-state index is 13.8. The molecule has 1 amide bonds. The van der Waals surface area contributed by atoms with E-state index in [4.69, 9.17) is 11.6 Å². The average molecular weight is 530 g/mol. The first-order valence-corrected chi connectivity index (χ1v) is 13.4. The van der Waals surface area contributed by atoms with Gasteiger partial charge in [-0.05, 0) is 42.7 Å². The van der Waals surface area contributed by atoms with Crippen LogP contribution >= 0.6 is 11.6 Å². The number of hydrogen-bond acceptors (Lipinski definition) is 3. The van der Waals surface area contributed by atoms with Crippen LogP contribution in [0.2, 0.25) is 5.02 Å². The lowest BCUT2D eigenvalue weighted by Gasteiger charge is -2.26. The Morgan fingerprint density at radius 2 is 1.55 bits per heavy atom. The highest BCUT2D eigenvalue weighted by atomic mass is 35.5. The molecule has 4 rings (SSSR count). The monoisotopic (exact) mass is 529 g/mol. The van der Waals surface area contributed by atoms with E-state index in [1.54, 1.807) is 29.2 Å². The summed E-state index contributed by atoms with van der Waals surface area (Å²) in [6, 6.07) is 25.7. The molecule has 0 saturated heterocycles. The molecule has 0 radical (unpaired) electrons. The van der Waals surface area contributed by atoms with Crippen molar-refractivity contribution in [3.05, 3.63) is 111 Å². The number of ketones is 1. The topological polar surface area (TPSA) is 75.2 Å². The number of unbranched alkanes of at least 4 members (excludes halogenated alkanes) is 1. The lowest BCUT2D eigenvalue weighted by molar-refractivity contribution is -0.132. The Labute approximate surface area is 227 Å². The van der Waals surface area contributed by atoms with E-state index < -0.39 is 11.3 Å². The van der Waals surface area contributed by atoms with Gasteiger partial charge in [-0.15, -0.1) is 0 Å². The molecular weight excluding hydrogens is 498 g/mol. The van der Waals surface area contributed by atoms with Crippen molar-refractivity contribution in [1.82, 2.24) is 14.7 Å². The number of carbonyl (C=O) groups excluding carboxylic acids is 2. The van der Waals surface area contributed by atoms with E-state index in [2.05, 4.69) is 5.10 Å². The van der Waals surface area contributed by atoms with Crippen LogP contribution in [0.5, 0.6) is 0 Å². The molecule has 1 N–H and O–H groups in total. The van der Waals surface area contributed by atoms with Gasteiger partial charge in [-0.25, -0.2) is 4.68 Å². The van der Waals surface area contributed by atoms with Gasteiger partial charge in [0.15, 0.2) is 5.78 Å². The summed E-state index contributed by atoms with van der Waals surface area (Å²) in [7, 11) is 0. The van der Waals surface area contributed by atoms with Crippen molar-refractivity contribution < 1.29 is 9.59 Å². The molecule has 0 bridgehead atoms. The molecule has 38 heavy (non-hydrogen) atoms. The van der Waals surface area contributed by atoms with Gasteiger partial charge in [0, 0.05) is 17.1 Å². The first kappa shape index (κ1) is 27.1. The molecule has 0 aliphatic heterocycles. The normalized spacial score (nSPS) is 11.8. The van der Waals surface area contributed by atoms with E-state index >= 15 is 0 Å². The van der Waals surface area contributed by atoms with Gasteiger partial charge in [0.1, 0.15) is 5.56 Å². The molecule has 196 valence electrons. The summed E-state index contributed by atoms with van der Waals surface area (Å²) in [5, 5.41) is 3.67. The van der Waals surface area contributed by atoms with Crippen molar-refractivity contribution in [2.45, 2.75) is 39.0 Å². The number of H-pyrrole nitrogens is 1. The zero-order chi connectivity index (χ0) is 27.1. The van der Waals surface area contributed by atoms with Crippen molar-refractivity contribution in [3.8, 4) is 16.9 Å².